The summed E-state index contributed by atoms with van der Waals surface area (Å²) in [6, 6.07) is 17.1. The monoisotopic (exact) mass is 381 g/mol. The molecule has 1 fully saturated rings. The molecule has 0 bridgehead atoms. The van der Waals surface area contributed by atoms with E-state index in [9.17, 15) is 9.59 Å². The van der Waals surface area contributed by atoms with E-state index in [0.29, 0.717) is 13.2 Å². The van der Waals surface area contributed by atoms with Crippen LogP contribution in [0.15, 0.2) is 54.6 Å². The van der Waals surface area contributed by atoms with Crippen LogP contribution in [0.4, 0.5) is 15.3 Å². The van der Waals surface area contributed by atoms with E-state index >= 15 is 0 Å². The van der Waals surface area contributed by atoms with Crippen LogP contribution in [-0.2, 0) is 4.74 Å². The Labute approximate surface area is 165 Å². The minimum absolute atomic E-state index is 0.0703. The first kappa shape index (κ1) is 19.7. The molecule has 0 aliphatic carbocycles. The van der Waals surface area contributed by atoms with Crippen LogP contribution < -0.4 is 15.5 Å². The Balaban J connectivity index is 1.66. The Morgan fingerprint density at radius 2 is 1.71 bits per heavy atom. The van der Waals surface area contributed by atoms with E-state index in [4.69, 9.17) is 4.74 Å². The molecule has 1 saturated heterocycles. The molecule has 0 saturated carbocycles. The molecule has 3 amide bonds. The van der Waals surface area contributed by atoms with Gasteiger partial charge in [0.05, 0.1) is 18.6 Å². The number of anilines is 1. The van der Waals surface area contributed by atoms with Gasteiger partial charge in [-0.05, 0) is 36.1 Å². The van der Waals surface area contributed by atoms with Gasteiger partial charge in [-0.25, -0.2) is 9.59 Å². The molecule has 2 N–H and O–H groups in total. The zero-order valence-corrected chi connectivity index (χ0v) is 16.5. The number of urea groups is 1. The smallest absolute Gasteiger partial charge is 0.414 e. The first-order chi connectivity index (χ1) is 13.5. The fourth-order valence-corrected chi connectivity index (χ4v) is 3.35. The molecule has 6 heteroatoms. The highest BCUT2D eigenvalue weighted by Crippen LogP contribution is 2.24. The average molecular weight is 381 g/mol. The largest absolute Gasteiger partial charge is 0.447 e. The highest BCUT2D eigenvalue weighted by atomic mass is 16.6. The summed E-state index contributed by atoms with van der Waals surface area (Å²) in [6.45, 7) is 7.03. The molecule has 0 aromatic heterocycles. The van der Waals surface area contributed by atoms with Gasteiger partial charge in [-0.2, -0.15) is 0 Å². The summed E-state index contributed by atoms with van der Waals surface area (Å²) in [5.74, 6) is 0.257. The Kier molecular flexibility index (Phi) is 6.19. The normalized spacial score (nSPS) is 15.9. The van der Waals surface area contributed by atoms with Gasteiger partial charge >= 0.3 is 12.1 Å². The van der Waals surface area contributed by atoms with Gasteiger partial charge in [-0.15, -0.1) is 0 Å². The second kappa shape index (κ2) is 8.78. The molecule has 2 aromatic rings. The molecule has 3 rings (SSSR count). The Bertz CT molecular complexity index is 823. The maximum Gasteiger partial charge on any atom is 0.414 e. The third kappa shape index (κ3) is 4.63. The molecule has 148 valence electrons. The van der Waals surface area contributed by atoms with Gasteiger partial charge in [0.15, 0.2) is 0 Å². The van der Waals surface area contributed by atoms with Gasteiger partial charge in [-0.1, -0.05) is 56.3 Å². The summed E-state index contributed by atoms with van der Waals surface area (Å²) in [7, 11) is 0. The van der Waals surface area contributed by atoms with Crippen molar-refractivity contribution in [1.82, 2.24) is 10.6 Å². The molecule has 2 atom stereocenters. The van der Waals surface area contributed by atoms with Crippen LogP contribution in [0.1, 0.15) is 44.0 Å². The number of benzene rings is 2. The van der Waals surface area contributed by atoms with Gasteiger partial charge in [0.1, 0.15) is 6.61 Å². The highest BCUT2D eigenvalue weighted by Gasteiger charge is 2.24. The molecule has 28 heavy (non-hydrogen) atoms. The van der Waals surface area contributed by atoms with Crippen molar-refractivity contribution in [2.24, 2.45) is 5.92 Å². The molecule has 0 spiro atoms. The fourth-order valence-electron chi connectivity index (χ4n) is 3.35. The van der Waals surface area contributed by atoms with E-state index < -0.39 is 0 Å². The number of hydrogen-bond donors (Lipinski definition) is 2. The summed E-state index contributed by atoms with van der Waals surface area (Å²) in [4.78, 5) is 26.0. The maximum absolute atomic E-state index is 12.6. The predicted molar refractivity (Wildman–Crippen MR) is 109 cm³/mol. The number of cyclic esters (lactones) is 1. The first-order valence-electron chi connectivity index (χ1n) is 9.62. The molecule has 1 aliphatic heterocycles. The molecule has 0 radical (unpaired) electrons. The lowest BCUT2D eigenvalue weighted by Gasteiger charge is -2.25. The molecule has 6 nitrogen and oxygen atoms in total. The number of rotatable bonds is 6. The quantitative estimate of drug-likeness (QED) is 0.779. The van der Waals surface area contributed by atoms with Gasteiger partial charge in [0, 0.05) is 5.69 Å². The van der Waals surface area contributed by atoms with Crippen molar-refractivity contribution in [2.45, 2.75) is 32.9 Å². The summed E-state index contributed by atoms with van der Waals surface area (Å²) in [6.07, 6.45) is -0.335. The molecule has 1 heterocycles. The van der Waals surface area contributed by atoms with Gasteiger partial charge in [0.25, 0.3) is 0 Å². The molecule has 2 aromatic carbocycles. The van der Waals surface area contributed by atoms with E-state index in [1.54, 1.807) is 4.90 Å². The van der Waals surface area contributed by atoms with Crippen LogP contribution in [-0.4, -0.2) is 25.3 Å². The molecule has 1 aliphatic rings. The topological polar surface area (TPSA) is 70.7 Å². The highest BCUT2D eigenvalue weighted by molar-refractivity contribution is 5.89. The van der Waals surface area contributed by atoms with E-state index in [-0.39, 0.29) is 30.1 Å². The van der Waals surface area contributed by atoms with Crippen LogP contribution in [0.25, 0.3) is 0 Å². The van der Waals surface area contributed by atoms with Gasteiger partial charge in [-0.3, -0.25) is 4.90 Å². The first-order valence-corrected chi connectivity index (χ1v) is 9.62. The number of ether oxygens (including phenoxy) is 1. The van der Waals surface area contributed by atoms with E-state index in [2.05, 4.69) is 24.5 Å². The molecular weight excluding hydrogens is 354 g/mol. The van der Waals surface area contributed by atoms with Crippen LogP contribution in [0.3, 0.4) is 0 Å². The van der Waals surface area contributed by atoms with Gasteiger partial charge in [0.2, 0.25) is 0 Å². The second-order valence-electron chi connectivity index (χ2n) is 7.33. The predicted octanol–water partition coefficient (Wildman–Crippen LogP) is 4.40. The van der Waals surface area contributed by atoms with Crippen LogP contribution in [0, 0.1) is 5.92 Å². The summed E-state index contributed by atoms with van der Waals surface area (Å²) in [5.41, 5.74) is 2.78. The molecule has 2 unspecified atom stereocenters. The maximum atomic E-state index is 12.6. The van der Waals surface area contributed by atoms with Crippen molar-refractivity contribution in [3.8, 4) is 0 Å². The lowest BCUT2D eigenvalue weighted by Crippen LogP contribution is -2.40. The van der Waals surface area contributed by atoms with Gasteiger partial charge < -0.3 is 15.4 Å². The van der Waals surface area contributed by atoms with E-state index in [1.165, 1.54) is 0 Å². The van der Waals surface area contributed by atoms with Crippen molar-refractivity contribution in [1.29, 1.82) is 0 Å². The number of carbonyl (C=O) groups excluding carboxylic acids is 2. The average Bonchev–Trinajstić information content (AvgIpc) is 3.12. The van der Waals surface area contributed by atoms with Crippen molar-refractivity contribution >= 4 is 17.8 Å². The minimum atomic E-state index is -0.335. The second-order valence-corrected chi connectivity index (χ2v) is 7.33. The Morgan fingerprint density at radius 1 is 1.00 bits per heavy atom. The Hall–Kier alpha value is -3.02. The zero-order valence-electron chi connectivity index (χ0n) is 16.5. The van der Waals surface area contributed by atoms with Crippen LogP contribution >= 0.6 is 0 Å². The molecular formula is C22H27N3O3. The van der Waals surface area contributed by atoms with Crippen molar-refractivity contribution in [2.75, 3.05) is 18.1 Å². The third-order valence-corrected chi connectivity index (χ3v) is 4.90. The van der Waals surface area contributed by atoms with Crippen molar-refractivity contribution in [3.63, 3.8) is 0 Å². The summed E-state index contributed by atoms with van der Waals surface area (Å²) >= 11 is 0. The zero-order chi connectivity index (χ0) is 20.1. The van der Waals surface area contributed by atoms with Crippen molar-refractivity contribution < 1.29 is 14.3 Å². The van der Waals surface area contributed by atoms with E-state index in [0.717, 1.165) is 16.8 Å². The van der Waals surface area contributed by atoms with Crippen LogP contribution in [0.5, 0.6) is 0 Å². The number of nitrogens with one attached hydrogen (secondary N) is 2. The fraction of sp³-hybridized carbons (Fsp3) is 0.364. The number of nitrogens with zero attached hydrogens (tertiary/aromatic N) is 1. The lowest BCUT2D eigenvalue weighted by molar-refractivity contribution is 0.181. The summed E-state index contributed by atoms with van der Waals surface area (Å²) in [5, 5.41) is 6.07. The van der Waals surface area contributed by atoms with Crippen molar-refractivity contribution in [3.05, 3.63) is 65.7 Å². The summed E-state index contributed by atoms with van der Waals surface area (Å²) < 4.78 is 5.00. The number of hydrogen-bond acceptors (Lipinski definition) is 3. The SMILES string of the molecule is CC(NC(=O)NC(c1ccccc1)C(C)C)c1cccc(N2CCOC2=O)c1. The standard InChI is InChI=1S/C22H27N3O3/c1-15(2)20(17-8-5-4-6-9-17)24-21(26)23-16(3)18-10-7-11-19(14-18)25-12-13-28-22(25)27/h4-11,14-16,20H,12-13H2,1-3H3,(H2,23,24,26). The number of amides is 3. The number of carbonyl (C=O) groups is 2. The third-order valence-electron chi connectivity index (χ3n) is 4.90. The van der Waals surface area contributed by atoms with Crippen LogP contribution in [0.2, 0.25) is 0 Å². The minimum Gasteiger partial charge on any atom is -0.447 e. The lowest BCUT2D eigenvalue weighted by atomic mass is 9.96. The Morgan fingerprint density at radius 3 is 2.36 bits per heavy atom. The van der Waals surface area contributed by atoms with E-state index in [1.807, 2.05) is 61.5 Å².